The van der Waals surface area contributed by atoms with Crippen LogP contribution in [0, 0.1) is 23.7 Å². The van der Waals surface area contributed by atoms with Crippen LogP contribution in [0.15, 0.2) is 85.5 Å². The van der Waals surface area contributed by atoms with Gasteiger partial charge in [0.2, 0.25) is 11.8 Å². The summed E-state index contributed by atoms with van der Waals surface area (Å²) in [7, 11) is 1.31. The summed E-state index contributed by atoms with van der Waals surface area (Å²) in [5.41, 5.74) is 7.05. The maximum absolute atomic E-state index is 14.0. The van der Waals surface area contributed by atoms with Gasteiger partial charge in [-0.3, -0.25) is 14.6 Å². The average molecular weight is 783 g/mol. The second kappa shape index (κ2) is 16.6. The van der Waals surface area contributed by atoms with Gasteiger partial charge in [0.25, 0.3) is 0 Å². The van der Waals surface area contributed by atoms with Gasteiger partial charge >= 0.3 is 6.09 Å². The SMILES string of the molecule is COC(=O)NC(C(=O)N1CCC[C@H]1c1ncc(-c2ccc(-c3ccc(-c4cnc(C5C6CCC(C6)[C@@H]5C(=O)NCc5cccnc5)[nH]4)cc3)cc2)[nH]1)C1CCOCC1. The molecule has 2 aromatic carbocycles. The van der Waals surface area contributed by atoms with Crippen molar-refractivity contribution in [3.63, 3.8) is 0 Å². The van der Waals surface area contributed by atoms with Crippen molar-refractivity contribution >= 4 is 17.9 Å². The number of carbonyl (C=O) groups is 3. The zero-order chi connectivity index (χ0) is 39.6. The van der Waals surface area contributed by atoms with E-state index in [4.69, 9.17) is 19.4 Å². The fourth-order valence-electron chi connectivity index (χ4n) is 9.97. The number of nitrogens with zero attached hydrogens (tertiary/aromatic N) is 4. The Labute approximate surface area is 337 Å². The summed E-state index contributed by atoms with van der Waals surface area (Å²) < 4.78 is 10.4. The molecule has 5 heterocycles. The van der Waals surface area contributed by atoms with Gasteiger partial charge in [0.1, 0.15) is 17.7 Å². The van der Waals surface area contributed by atoms with Gasteiger partial charge in [0.15, 0.2) is 0 Å². The Morgan fingerprint density at radius 1 is 0.828 bits per heavy atom. The number of methoxy groups -OCH3 is 1. The number of pyridine rings is 1. The Balaban J connectivity index is 0.849. The molecule has 4 unspecified atom stereocenters. The summed E-state index contributed by atoms with van der Waals surface area (Å²) >= 11 is 0. The van der Waals surface area contributed by atoms with E-state index in [1.807, 2.05) is 29.4 Å². The van der Waals surface area contributed by atoms with Crippen LogP contribution in [-0.4, -0.2) is 80.6 Å². The standard InChI is InChI=1S/C45H50N8O5/c1-57-45(56)52-40(32-16-20-58-21-17-32)44(55)53-19-3-5-37(53)41-47-25-35(50-41)30-10-6-28(7-11-30)29-8-12-31(13-9-29)36-26-48-42(51-36)38-33-14-15-34(22-33)39(38)43(54)49-24-27-4-2-18-46-23-27/h2,4,6-13,18,23,25-26,32-34,37-40H,3,5,14-17,19-22,24H2,1H3,(H,47,50)(H,48,51)(H,49,54)(H,52,56)/t33?,34?,37-,38?,39-,40?/m0/s1. The monoisotopic (exact) mass is 782 g/mol. The highest BCUT2D eigenvalue weighted by atomic mass is 16.5. The van der Waals surface area contributed by atoms with Crippen molar-refractivity contribution in [3.8, 4) is 33.6 Å². The summed E-state index contributed by atoms with van der Waals surface area (Å²) in [4.78, 5) is 62.4. The molecule has 58 heavy (non-hydrogen) atoms. The number of nitrogens with one attached hydrogen (secondary N) is 4. The van der Waals surface area contributed by atoms with Crippen LogP contribution < -0.4 is 10.6 Å². The molecular formula is C45H50N8O5. The first-order valence-corrected chi connectivity index (χ1v) is 20.6. The molecule has 4 fully saturated rings. The third-order valence-electron chi connectivity index (χ3n) is 13.0. The number of hydrogen-bond donors (Lipinski definition) is 4. The average Bonchev–Trinajstić information content (AvgIpc) is 4.14. The summed E-state index contributed by atoms with van der Waals surface area (Å²) in [5, 5.41) is 6.00. The zero-order valence-corrected chi connectivity index (χ0v) is 32.7. The lowest BCUT2D eigenvalue weighted by Crippen LogP contribution is -2.53. The molecule has 2 saturated carbocycles. The lowest BCUT2D eigenvalue weighted by Gasteiger charge is -2.34. The molecule has 0 radical (unpaired) electrons. The second-order valence-electron chi connectivity index (χ2n) is 16.2. The molecule has 4 N–H and O–H groups in total. The minimum absolute atomic E-state index is 0.0169. The van der Waals surface area contributed by atoms with Gasteiger partial charge in [-0.05, 0) is 96.6 Å². The number of rotatable bonds is 11. The van der Waals surface area contributed by atoms with Gasteiger partial charge in [-0.15, -0.1) is 0 Å². The summed E-state index contributed by atoms with van der Waals surface area (Å²) in [6, 6.07) is 19.9. The van der Waals surface area contributed by atoms with E-state index in [9.17, 15) is 14.4 Å². The van der Waals surface area contributed by atoms with E-state index in [1.54, 1.807) is 12.4 Å². The van der Waals surface area contributed by atoms with Gasteiger partial charge in [-0.25, -0.2) is 14.8 Å². The predicted octanol–water partition coefficient (Wildman–Crippen LogP) is 6.79. The molecule has 3 aromatic heterocycles. The lowest BCUT2D eigenvalue weighted by atomic mass is 9.78. The van der Waals surface area contributed by atoms with Crippen molar-refractivity contribution in [3.05, 3.63) is 103 Å². The van der Waals surface area contributed by atoms with Crippen molar-refractivity contribution in [1.82, 2.24) is 40.5 Å². The van der Waals surface area contributed by atoms with E-state index < -0.39 is 12.1 Å². The molecule has 300 valence electrons. The van der Waals surface area contributed by atoms with Crippen molar-refractivity contribution in [2.45, 2.75) is 69.5 Å². The molecule has 6 atom stereocenters. The van der Waals surface area contributed by atoms with Crippen LogP contribution in [0.3, 0.4) is 0 Å². The van der Waals surface area contributed by atoms with E-state index >= 15 is 0 Å². The highest BCUT2D eigenvalue weighted by Crippen LogP contribution is 2.56. The predicted molar refractivity (Wildman–Crippen MR) is 217 cm³/mol. The minimum Gasteiger partial charge on any atom is -0.453 e. The number of ether oxygens (including phenoxy) is 2. The highest BCUT2D eigenvalue weighted by Gasteiger charge is 2.52. The topological polar surface area (TPSA) is 167 Å². The number of carbonyl (C=O) groups excluding carboxylic acids is 3. The fraction of sp³-hybridized carbons (Fsp3) is 0.422. The summed E-state index contributed by atoms with van der Waals surface area (Å²) in [6.45, 7) is 2.22. The summed E-state index contributed by atoms with van der Waals surface area (Å²) in [6.07, 6.45) is 13.0. The molecule has 0 spiro atoms. The van der Waals surface area contributed by atoms with Crippen LogP contribution >= 0.6 is 0 Å². The maximum atomic E-state index is 14.0. The molecule has 5 aromatic rings. The molecule has 2 saturated heterocycles. The fourth-order valence-corrected chi connectivity index (χ4v) is 9.97. The van der Waals surface area contributed by atoms with Crippen molar-refractivity contribution in [1.29, 1.82) is 0 Å². The van der Waals surface area contributed by atoms with Crippen molar-refractivity contribution < 1.29 is 23.9 Å². The molecule has 13 nitrogen and oxygen atoms in total. The molecule has 3 amide bonds. The number of amides is 3. The van der Waals surface area contributed by atoms with Crippen LogP contribution in [0.25, 0.3) is 33.6 Å². The Kier molecular flexibility index (Phi) is 10.8. The first kappa shape index (κ1) is 37.7. The third-order valence-corrected chi connectivity index (χ3v) is 13.0. The Morgan fingerprint density at radius 2 is 1.48 bits per heavy atom. The first-order valence-electron chi connectivity index (χ1n) is 20.6. The number of aromatic amines is 2. The zero-order valence-electron chi connectivity index (χ0n) is 32.7. The van der Waals surface area contributed by atoms with Gasteiger partial charge in [-0.1, -0.05) is 54.6 Å². The van der Waals surface area contributed by atoms with Crippen LogP contribution in [0.2, 0.25) is 0 Å². The number of hydrogen-bond acceptors (Lipinski definition) is 8. The van der Waals surface area contributed by atoms with Crippen molar-refractivity contribution in [2.24, 2.45) is 23.7 Å². The van der Waals surface area contributed by atoms with Crippen LogP contribution in [-0.2, 0) is 25.6 Å². The van der Waals surface area contributed by atoms with E-state index in [0.29, 0.717) is 51.0 Å². The highest BCUT2D eigenvalue weighted by molar-refractivity contribution is 5.86. The van der Waals surface area contributed by atoms with Gasteiger partial charge in [0, 0.05) is 44.6 Å². The van der Waals surface area contributed by atoms with E-state index in [0.717, 1.165) is 83.0 Å². The minimum atomic E-state index is -0.673. The number of likely N-dealkylation sites (tertiary alicyclic amines) is 1. The van der Waals surface area contributed by atoms with Gasteiger partial charge in [-0.2, -0.15) is 0 Å². The van der Waals surface area contributed by atoms with Gasteiger partial charge in [0.05, 0.1) is 42.9 Å². The first-order chi connectivity index (χ1) is 28.4. The normalized spacial score (nSPS) is 23.5. The molecule has 2 aliphatic carbocycles. The van der Waals surface area contributed by atoms with E-state index in [-0.39, 0.29) is 35.6 Å². The molecular weight excluding hydrogens is 733 g/mol. The lowest BCUT2D eigenvalue weighted by molar-refractivity contribution is -0.136. The Bertz CT molecular complexity index is 2210. The number of imidazole rings is 2. The molecule has 2 aliphatic heterocycles. The largest absolute Gasteiger partial charge is 0.453 e. The number of benzene rings is 2. The molecule has 9 rings (SSSR count). The third kappa shape index (κ3) is 7.62. The number of fused-ring (bicyclic) bond motifs is 2. The number of H-pyrrole nitrogens is 2. The quantitative estimate of drug-likeness (QED) is 0.114. The Hall–Kier alpha value is -5.82. The van der Waals surface area contributed by atoms with Crippen LogP contribution in [0.5, 0.6) is 0 Å². The van der Waals surface area contributed by atoms with Crippen LogP contribution in [0.1, 0.15) is 74.1 Å². The van der Waals surface area contributed by atoms with E-state index in [2.05, 4.69) is 74.1 Å². The van der Waals surface area contributed by atoms with Gasteiger partial charge < -0.3 is 35.0 Å². The molecule has 13 heteroatoms. The maximum Gasteiger partial charge on any atom is 0.407 e. The number of alkyl carbamates (subject to hydrolysis) is 1. The summed E-state index contributed by atoms with van der Waals surface area (Å²) in [5.74, 6) is 2.52. The van der Waals surface area contributed by atoms with Crippen molar-refractivity contribution in [2.75, 3.05) is 26.9 Å². The molecule has 4 aliphatic rings. The Morgan fingerprint density at radius 3 is 2.16 bits per heavy atom. The number of aromatic nitrogens is 5. The van der Waals surface area contributed by atoms with E-state index in [1.165, 1.54) is 7.11 Å². The second-order valence-corrected chi connectivity index (χ2v) is 16.2. The van der Waals surface area contributed by atoms with Crippen LogP contribution in [0.4, 0.5) is 4.79 Å². The molecule has 2 bridgehead atoms. The smallest absolute Gasteiger partial charge is 0.407 e.